The molecule has 7 nitrogen and oxygen atoms in total. The predicted molar refractivity (Wildman–Crippen MR) is 125 cm³/mol. The number of nitrogens with zero attached hydrogens (tertiary/aromatic N) is 4. The van der Waals surface area contributed by atoms with Gasteiger partial charge in [0, 0.05) is 30.0 Å². The molecule has 1 N–H and O–H groups in total. The van der Waals surface area contributed by atoms with Crippen molar-refractivity contribution in [3.8, 4) is 5.69 Å². The number of rotatable bonds is 7. The van der Waals surface area contributed by atoms with Gasteiger partial charge in [0.25, 0.3) is 5.91 Å². The van der Waals surface area contributed by atoms with E-state index >= 15 is 0 Å². The van der Waals surface area contributed by atoms with Crippen molar-refractivity contribution in [1.82, 2.24) is 25.2 Å². The second kappa shape index (κ2) is 9.52. The molecule has 1 saturated heterocycles. The Bertz CT molecular complexity index is 1060. The van der Waals surface area contributed by atoms with Gasteiger partial charge in [-0.25, -0.2) is 4.68 Å². The van der Waals surface area contributed by atoms with Crippen molar-refractivity contribution in [3.05, 3.63) is 76.0 Å². The second-order valence-electron chi connectivity index (χ2n) is 8.27. The van der Waals surface area contributed by atoms with E-state index in [-0.39, 0.29) is 11.9 Å². The van der Waals surface area contributed by atoms with Gasteiger partial charge < -0.3 is 10.1 Å². The van der Waals surface area contributed by atoms with Crippen LogP contribution in [0, 0.1) is 0 Å². The first kappa shape index (κ1) is 21.3. The molecular weight excluding hydrogens is 470 g/mol. The van der Waals surface area contributed by atoms with E-state index in [4.69, 9.17) is 4.74 Å². The van der Waals surface area contributed by atoms with Crippen LogP contribution >= 0.6 is 15.9 Å². The van der Waals surface area contributed by atoms with Crippen LogP contribution in [0.25, 0.3) is 5.69 Å². The molecule has 1 amide bonds. The summed E-state index contributed by atoms with van der Waals surface area (Å²) in [7, 11) is 0. The van der Waals surface area contributed by atoms with Crippen molar-refractivity contribution in [2.24, 2.45) is 0 Å². The molecule has 1 aromatic heterocycles. The molecule has 5 rings (SSSR count). The number of ether oxygens (including phenoxy) is 1. The van der Waals surface area contributed by atoms with Gasteiger partial charge in [0.05, 0.1) is 30.6 Å². The molecule has 1 aliphatic heterocycles. The third-order valence-electron chi connectivity index (χ3n) is 6.08. The summed E-state index contributed by atoms with van der Waals surface area (Å²) in [6.07, 6.45) is 2.12. The van der Waals surface area contributed by atoms with Crippen LogP contribution in [0.1, 0.15) is 46.5 Å². The van der Waals surface area contributed by atoms with Crippen LogP contribution in [0.3, 0.4) is 0 Å². The topological polar surface area (TPSA) is 72.3 Å². The Balaban J connectivity index is 1.36. The zero-order valence-corrected chi connectivity index (χ0v) is 19.4. The first-order valence-corrected chi connectivity index (χ1v) is 11.9. The van der Waals surface area contributed by atoms with Gasteiger partial charge in [0.15, 0.2) is 5.69 Å². The molecule has 0 spiro atoms. The molecule has 166 valence electrons. The van der Waals surface area contributed by atoms with Crippen LogP contribution in [0.4, 0.5) is 0 Å². The Morgan fingerprint density at radius 1 is 1.09 bits per heavy atom. The van der Waals surface area contributed by atoms with Gasteiger partial charge in [-0.2, -0.15) is 0 Å². The molecule has 32 heavy (non-hydrogen) atoms. The zero-order valence-electron chi connectivity index (χ0n) is 17.8. The van der Waals surface area contributed by atoms with Gasteiger partial charge in [0.2, 0.25) is 0 Å². The second-order valence-corrected chi connectivity index (χ2v) is 9.19. The number of carbonyl (C=O) groups is 1. The summed E-state index contributed by atoms with van der Waals surface area (Å²) in [5, 5.41) is 11.8. The normalized spacial score (nSPS) is 17.8. The molecule has 1 saturated carbocycles. The molecule has 0 bridgehead atoms. The summed E-state index contributed by atoms with van der Waals surface area (Å²) in [4.78, 5) is 15.6. The van der Waals surface area contributed by atoms with E-state index in [2.05, 4.69) is 48.6 Å². The molecule has 2 aromatic carbocycles. The highest BCUT2D eigenvalue weighted by Crippen LogP contribution is 2.42. The summed E-state index contributed by atoms with van der Waals surface area (Å²) in [5.41, 5.74) is 3.45. The largest absolute Gasteiger partial charge is 0.379 e. The first-order chi connectivity index (χ1) is 15.7. The van der Waals surface area contributed by atoms with Crippen molar-refractivity contribution in [2.75, 3.05) is 32.8 Å². The highest BCUT2D eigenvalue weighted by atomic mass is 79.9. The fourth-order valence-electron chi connectivity index (χ4n) is 4.24. The summed E-state index contributed by atoms with van der Waals surface area (Å²) < 4.78 is 8.35. The van der Waals surface area contributed by atoms with E-state index in [9.17, 15) is 4.79 Å². The molecular formula is C24H26BrN5O2. The first-order valence-electron chi connectivity index (χ1n) is 11.1. The lowest BCUT2D eigenvalue weighted by molar-refractivity contribution is 0.0162. The Morgan fingerprint density at radius 3 is 2.50 bits per heavy atom. The summed E-state index contributed by atoms with van der Waals surface area (Å²) in [6, 6.07) is 18.3. The molecule has 1 unspecified atom stereocenters. The van der Waals surface area contributed by atoms with Gasteiger partial charge >= 0.3 is 0 Å². The number of aromatic nitrogens is 3. The molecule has 2 aliphatic rings. The third-order valence-corrected chi connectivity index (χ3v) is 6.61. The van der Waals surface area contributed by atoms with Gasteiger partial charge in [-0.3, -0.25) is 9.69 Å². The van der Waals surface area contributed by atoms with Crippen molar-refractivity contribution >= 4 is 21.8 Å². The Morgan fingerprint density at radius 2 is 1.81 bits per heavy atom. The summed E-state index contributed by atoms with van der Waals surface area (Å²) in [5.74, 6) is 0.169. The van der Waals surface area contributed by atoms with E-state index in [1.165, 1.54) is 5.56 Å². The SMILES string of the molecule is O=C(NCC(c1ccccc1)N1CCOCC1)c1nnn(-c2ccc(Br)cc2)c1C1CC1. The Labute approximate surface area is 195 Å². The molecule has 2 heterocycles. The minimum absolute atomic E-state index is 0.0925. The number of morpholine rings is 1. The minimum atomic E-state index is -0.163. The van der Waals surface area contributed by atoms with E-state index in [0.29, 0.717) is 31.4 Å². The summed E-state index contributed by atoms with van der Waals surface area (Å²) in [6.45, 7) is 3.64. The van der Waals surface area contributed by atoms with Crippen LogP contribution in [0.5, 0.6) is 0 Å². The zero-order chi connectivity index (χ0) is 21.9. The van der Waals surface area contributed by atoms with Gasteiger partial charge in [-0.1, -0.05) is 51.5 Å². The number of hydrogen-bond donors (Lipinski definition) is 1. The Kier molecular flexibility index (Phi) is 6.34. The number of amides is 1. The minimum Gasteiger partial charge on any atom is -0.379 e. The van der Waals surface area contributed by atoms with E-state index < -0.39 is 0 Å². The fourth-order valence-corrected chi connectivity index (χ4v) is 4.51. The van der Waals surface area contributed by atoms with Crippen molar-refractivity contribution in [2.45, 2.75) is 24.8 Å². The molecule has 1 atom stereocenters. The van der Waals surface area contributed by atoms with Crippen LogP contribution in [0.2, 0.25) is 0 Å². The number of halogens is 1. The lowest BCUT2D eigenvalue weighted by Crippen LogP contribution is -2.44. The van der Waals surface area contributed by atoms with Gasteiger partial charge in [-0.15, -0.1) is 5.10 Å². The maximum Gasteiger partial charge on any atom is 0.273 e. The lowest BCUT2D eigenvalue weighted by atomic mass is 10.0. The quantitative estimate of drug-likeness (QED) is 0.540. The van der Waals surface area contributed by atoms with Gasteiger partial charge in [0.1, 0.15) is 0 Å². The number of hydrogen-bond acceptors (Lipinski definition) is 5. The van der Waals surface area contributed by atoms with Crippen molar-refractivity contribution in [3.63, 3.8) is 0 Å². The highest BCUT2D eigenvalue weighted by Gasteiger charge is 2.34. The molecule has 2 fully saturated rings. The average Bonchev–Trinajstić information content (AvgIpc) is 3.58. The molecule has 3 aromatic rings. The van der Waals surface area contributed by atoms with Crippen LogP contribution < -0.4 is 5.32 Å². The van der Waals surface area contributed by atoms with E-state index in [1.54, 1.807) is 0 Å². The smallest absolute Gasteiger partial charge is 0.273 e. The van der Waals surface area contributed by atoms with E-state index in [0.717, 1.165) is 41.8 Å². The number of nitrogens with one attached hydrogen (secondary N) is 1. The standard InChI is InChI=1S/C24H26BrN5O2/c25-19-8-10-20(11-9-19)30-23(18-6-7-18)22(27-28-30)24(31)26-16-21(17-4-2-1-3-5-17)29-12-14-32-15-13-29/h1-5,8-11,18,21H,6-7,12-16H2,(H,26,31). The maximum absolute atomic E-state index is 13.2. The number of benzene rings is 2. The van der Waals surface area contributed by atoms with Crippen LogP contribution in [-0.4, -0.2) is 58.6 Å². The molecule has 0 radical (unpaired) electrons. The summed E-state index contributed by atoms with van der Waals surface area (Å²) >= 11 is 3.47. The van der Waals surface area contributed by atoms with E-state index in [1.807, 2.05) is 47.1 Å². The van der Waals surface area contributed by atoms with Crippen molar-refractivity contribution < 1.29 is 9.53 Å². The highest BCUT2D eigenvalue weighted by molar-refractivity contribution is 9.10. The van der Waals surface area contributed by atoms with Crippen LogP contribution in [0.15, 0.2) is 59.1 Å². The van der Waals surface area contributed by atoms with Gasteiger partial charge in [-0.05, 0) is 42.7 Å². The predicted octanol–water partition coefficient (Wildman–Crippen LogP) is 3.71. The van der Waals surface area contributed by atoms with Crippen LogP contribution in [-0.2, 0) is 4.74 Å². The fraction of sp³-hybridized carbons (Fsp3) is 0.375. The number of carbonyl (C=O) groups excluding carboxylic acids is 1. The Hall–Kier alpha value is -2.55. The average molecular weight is 496 g/mol. The lowest BCUT2D eigenvalue weighted by Gasteiger charge is -2.34. The maximum atomic E-state index is 13.2. The third kappa shape index (κ3) is 4.62. The van der Waals surface area contributed by atoms with Crippen molar-refractivity contribution in [1.29, 1.82) is 0 Å². The molecule has 8 heteroatoms. The monoisotopic (exact) mass is 495 g/mol. The molecule has 1 aliphatic carbocycles.